The van der Waals surface area contributed by atoms with Crippen molar-refractivity contribution in [3.63, 3.8) is 0 Å². The van der Waals surface area contributed by atoms with Crippen LogP contribution in [0.5, 0.6) is 28.7 Å². The molecule has 130 heavy (non-hydrogen) atoms. The standard InChI is InChI=1S/2C20H23N4O2.C19H21N4O2.C18H19N4O2.C17H16IN4O2.5Y/c1-13(2)16-7-6-8-18(24-20(25)23(5)21-22-24)17(16)12-26-19-11-14(3)9-10-15(19)4;1-5-7-16-8-6-9-18(24-20(25)23(4)21-22-24)17(16)13-26-19-12-14(2)10-11-15(19)3;1-5-15-7-6-8-17(23-19(24)22(4)20-21-23)16(15)12-25-18-11-13(2)9-10-14(18)3;1-12-8-9-14(3)17(10-12)24-11-15-13(2)6-5-7-16(15)22-18(23)21(4)19-20-22;1-11-7-8-12(2)16(9-11)24-10-13-14(18)5-4-6-15(13)22-17(23)21(3)19-20-22;;;;;/h6-8,10-11,13H,12H2,1-5H3;6,8-9,11-12H,5,7,13H2,1-4H3;6-8,10-11H,5,12H2,1-4H3;5-7,9-10H,11H2,1-4H3;4-6,8-9H,10H2,1-3H3;;;;;/q5*-1;;;;;. The third-order valence-electron chi connectivity index (χ3n) is 20.6. The Balaban J connectivity index is 0.000000248. The fraction of sp³-hybridized carbons (Fsp3) is 0.309. The molecule has 30 nitrogen and oxygen atoms in total. The summed E-state index contributed by atoms with van der Waals surface area (Å²) in [6.45, 7) is 32.0. The van der Waals surface area contributed by atoms with Crippen LogP contribution in [0.1, 0.15) is 146 Å². The summed E-state index contributed by atoms with van der Waals surface area (Å²) in [5, 5.41) is 38.8. The van der Waals surface area contributed by atoms with E-state index in [1.165, 1.54) is 46.8 Å². The molecular formula is C94H102IN20O10Y5-5. The molecule has 10 aromatic carbocycles. The Hall–Kier alpha value is -8.20. The third-order valence-corrected chi connectivity index (χ3v) is 21.6. The first-order valence-corrected chi connectivity index (χ1v) is 41.7. The minimum absolute atomic E-state index is 0. The van der Waals surface area contributed by atoms with Crippen LogP contribution in [-0.2, 0) is 245 Å². The second kappa shape index (κ2) is 51.9. The Labute approximate surface area is 895 Å². The number of aromatic nitrogens is 20. The van der Waals surface area contributed by atoms with Gasteiger partial charge in [-0.15, -0.1) is 58.1 Å². The average Bonchev–Trinajstić information content (AvgIpc) is 1.61. The molecule has 0 aliphatic heterocycles. The van der Waals surface area contributed by atoms with E-state index in [0.29, 0.717) is 61.5 Å². The number of tetrazole rings is 5. The van der Waals surface area contributed by atoms with E-state index in [-0.39, 0.29) is 198 Å². The third kappa shape index (κ3) is 28.0. The van der Waals surface area contributed by atoms with Gasteiger partial charge in [0, 0.05) is 259 Å². The maximum Gasteiger partial charge on any atom is 0.368 e. The predicted molar refractivity (Wildman–Crippen MR) is 483 cm³/mol. The summed E-state index contributed by atoms with van der Waals surface area (Å²) < 4.78 is 43.9. The molecule has 0 amide bonds. The molecule has 5 radical (unpaired) electrons. The molecular weight excluding hydrogens is 2140 g/mol. The summed E-state index contributed by atoms with van der Waals surface area (Å²) in [6, 6.07) is 64.3. The van der Waals surface area contributed by atoms with Crippen LogP contribution in [0.4, 0.5) is 0 Å². The normalized spacial score (nSPS) is 10.5. The van der Waals surface area contributed by atoms with Crippen molar-refractivity contribution in [1.29, 1.82) is 0 Å². The number of benzene rings is 10. The minimum Gasteiger partial charge on any atom is -0.514 e. The zero-order valence-electron chi connectivity index (χ0n) is 77.0. The molecule has 0 atom stereocenters. The van der Waals surface area contributed by atoms with Crippen LogP contribution in [-0.4, -0.2) is 99.0 Å². The fourth-order valence-corrected chi connectivity index (χ4v) is 14.0. The fourth-order valence-electron chi connectivity index (χ4n) is 13.3. The van der Waals surface area contributed by atoms with Gasteiger partial charge in [-0.3, -0.25) is 0 Å². The van der Waals surface area contributed by atoms with Crippen LogP contribution < -0.4 is 52.1 Å². The molecule has 0 saturated carbocycles. The van der Waals surface area contributed by atoms with Crippen molar-refractivity contribution in [2.45, 2.75) is 162 Å². The van der Waals surface area contributed by atoms with Crippen molar-refractivity contribution in [2.75, 3.05) is 0 Å². The molecule has 15 aromatic rings. The maximum atomic E-state index is 12.3. The van der Waals surface area contributed by atoms with Gasteiger partial charge in [-0.1, -0.05) is 158 Å². The summed E-state index contributed by atoms with van der Waals surface area (Å²) in [7, 11) is 7.90. The molecule has 15 rings (SSSR count). The van der Waals surface area contributed by atoms with E-state index in [1.807, 2.05) is 216 Å². The summed E-state index contributed by atoms with van der Waals surface area (Å²) in [6.07, 6.45) is 2.74. The molecule has 5 aromatic heterocycles. The Morgan fingerprint density at radius 2 is 0.569 bits per heavy atom. The topological polar surface area (TPSA) is 310 Å². The van der Waals surface area contributed by atoms with E-state index >= 15 is 0 Å². The molecule has 0 bridgehead atoms. The number of halogens is 1. The zero-order valence-corrected chi connectivity index (χ0v) is 93.3. The van der Waals surface area contributed by atoms with Crippen LogP contribution >= 0.6 is 22.6 Å². The first kappa shape index (κ1) is 111. The van der Waals surface area contributed by atoms with Gasteiger partial charge in [0.05, 0.1) is 28.4 Å². The van der Waals surface area contributed by atoms with Gasteiger partial charge in [0.2, 0.25) is 0 Å². The first-order chi connectivity index (χ1) is 59.8. The Morgan fingerprint density at radius 1 is 0.315 bits per heavy atom. The number of aryl methyl sites for hydroxylation is 18. The average molecular weight is 2240 g/mol. The molecule has 0 N–H and O–H groups in total. The van der Waals surface area contributed by atoms with E-state index < -0.39 is 0 Å². The number of hydrogen-bond acceptors (Lipinski definition) is 20. The van der Waals surface area contributed by atoms with Crippen LogP contribution in [0.15, 0.2) is 176 Å². The van der Waals surface area contributed by atoms with Gasteiger partial charge in [0.1, 0.15) is 33.0 Å². The van der Waals surface area contributed by atoms with Gasteiger partial charge in [0.15, 0.2) is 0 Å². The maximum absolute atomic E-state index is 12.3. The molecule has 0 saturated heterocycles. The SMILES string of the molecule is CCCc1cccc(-n2nnn(C)c2=O)c1COc1cc(C)[c-]cc1C.CCc1cccc(-n2nnn(C)c2=O)c1COc1cc(C)[c-]cc1C.Cc1[c-]cc(C)c(OCc2c(C(C)C)cccc2-n2nnn(C)c2=O)c1.Cc1[c-]cc(C)c(OCc2c(C)cccc2-n2nnn(C)c2=O)c1.Cc1[c-]cc(C)c(OCc2c(I)cccc2-n2nnn(C)c2=O)c1.[Y].[Y].[Y].[Y].[Y]. The molecule has 0 aliphatic rings. The van der Waals surface area contributed by atoms with E-state index in [2.05, 4.69) is 145 Å². The van der Waals surface area contributed by atoms with Gasteiger partial charge in [-0.25, -0.2) is 24.0 Å². The number of nitrogens with zero attached hydrogens (tertiary/aromatic N) is 20. The van der Waals surface area contributed by atoms with Crippen molar-refractivity contribution < 1.29 is 187 Å². The second-order valence-electron chi connectivity index (χ2n) is 30.5. The van der Waals surface area contributed by atoms with Crippen LogP contribution in [0.2, 0.25) is 0 Å². The van der Waals surface area contributed by atoms with E-state index in [4.69, 9.17) is 23.7 Å². The predicted octanol–water partition coefficient (Wildman–Crippen LogP) is 13.3. The van der Waals surface area contributed by atoms with E-state index in [9.17, 15) is 24.0 Å². The minimum atomic E-state index is -0.292. The van der Waals surface area contributed by atoms with Crippen molar-refractivity contribution in [1.82, 2.24) is 99.0 Å². The van der Waals surface area contributed by atoms with Gasteiger partial charge in [0.25, 0.3) is 0 Å². The van der Waals surface area contributed by atoms with Gasteiger partial charge in [-0.2, -0.15) is 135 Å². The molecule has 0 aliphatic carbocycles. The molecule has 665 valence electrons. The summed E-state index contributed by atoms with van der Waals surface area (Å²) in [5.41, 5.74) is 21.3. The van der Waals surface area contributed by atoms with Gasteiger partial charge >= 0.3 is 28.4 Å². The van der Waals surface area contributed by atoms with Crippen molar-refractivity contribution in [3.05, 3.63) is 344 Å². The number of rotatable bonds is 24. The Kier molecular flexibility index (Phi) is 44.1. The van der Waals surface area contributed by atoms with E-state index in [0.717, 1.165) is 157 Å². The van der Waals surface area contributed by atoms with Crippen molar-refractivity contribution >= 4 is 22.6 Å². The van der Waals surface area contributed by atoms with Crippen LogP contribution in [0.3, 0.4) is 0 Å². The number of ether oxygens (including phenoxy) is 5. The first-order valence-electron chi connectivity index (χ1n) is 40.6. The van der Waals surface area contributed by atoms with Crippen LogP contribution in [0.25, 0.3) is 28.4 Å². The largest absolute Gasteiger partial charge is 0.514 e. The Morgan fingerprint density at radius 3 is 0.869 bits per heavy atom. The molecule has 36 heteroatoms. The van der Waals surface area contributed by atoms with Crippen molar-refractivity contribution in [2.24, 2.45) is 35.2 Å². The number of hydrogen-bond donors (Lipinski definition) is 0. The summed E-state index contributed by atoms with van der Waals surface area (Å²) in [5.74, 6) is 4.37. The van der Waals surface area contributed by atoms with E-state index in [1.54, 1.807) is 35.2 Å². The zero-order chi connectivity index (χ0) is 90.0. The molecule has 0 unspecified atom stereocenters. The van der Waals surface area contributed by atoms with Gasteiger partial charge < -0.3 is 23.7 Å². The smallest absolute Gasteiger partial charge is 0.368 e. The molecule has 0 spiro atoms. The summed E-state index contributed by atoms with van der Waals surface area (Å²) >= 11 is 2.23. The quantitative estimate of drug-likeness (QED) is 0.0401. The molecule has 5 heterocycles. The van der Waals surface area contributed by atoms with Crippen LogP contribution in [0, 0.1) is 110 Å². The van der Waals surface area contributed by atoms with Gasteiger partial charge in [-0.05, 0) is 159 Å². The monoisotopic (exact) mass is 2240 g/mol. The summed E-state index contributed by atoms with van der Waals surface area (Å²) in [4.78, 5) is 61.2. The van der Waals surface area contributed by atoms with Crippen molar-refractivity contribution in [3.8, 4) is 57.2 Å². The second-order valence-corrected chi connectivity index (χ2v) is 31.6. The Bertz CT molecular complexity index is 6510. The molecule has 0 fully saturated rings.